The van der Waals surface area contributed by atoms with E-state index in [1.807, 2.05) is 68.4 Å². The van der Waals surface area contributed by atoms with Crippen molar-refractivity contribution in [3.63, 3.8) is 0 Å². The number of hydrogen-bond donors (Lipinski definition) is 1. The van der Waals surface area contributed by atoms with Crippen LogP contribution >= 0.6 is 11.6 Å². The average molecular weight is 520 g/mol. The second-order valence-electron chi connectivity index (χ2n) is 9.39. The van der Waals surface area contributed by atoms with Crippen LogP contribution in [0.5, 0.6) is 5.75 Å². The van der Waals surface area contributed by atoms with Crippen LogP contribution in [-0.4, -0.2) is 29.4 Å². The molecule has 3 rings (SSSR count). The summed E-state index contributed by atoms with van der Waals surface area (Å²) in [5.41, 5.74) is 1.64. The standard InChI is InChI=1S/C29H33ClF3NO2/c1-20(2)28(36-25-13-7-9-22(17-25)15-16-35)34(18-21(3)23-10-5-4-6-11-23)19-24-12-8-14-26(27(24)30)29(31,32)33/h4-14,17,20-21,28,35H,15-16,18-19H2,1-3H3/t21-,28+/m0/s1. The lowest BCUT2D eigenvalue weighted by molar-refractivity contribution is -0.137. The summed E-state index contributed by atoms with van der Waals surface area (Å²) in [6, 6.07) is 21.6. The molecular formula is C29H33ClF3NO2. The maximum atomic E-state index is 13.5. The Morgan fingerprint density at radius 3 is 2.28 bits per heavy atom. The molecule has 7 heteroatoms. The van der Waals surface area contributed by atoms with Crippen molar-refractivity contribution in [2.24, 2.45) is 5.92 Å². The normalized spacial score (nSPS) is 13.7. The van der Waals surface area contributed by atoms with Gasteiger partial charge in [-0.2, -0.15) is 13.2 Å². The molecule has 3 aromatic carbocycles. The monoisotopic (exact) mass is 519 g/mol. The van der Waals surface area contributed by atoms with Crippen LogP contribution in [0, 0.1) is 5.92 Å². The fourth-order valence-electron chi connectivity index (χ4n) is 4.31. The van der Waals surface area contributed by atoms with Gasteiger partial charge >= 0.3 is 6.18 Å². The Hall–Kier alpha value is -2.54. The summed E-state index contributed by atoms with van der Waals surface area (Å²) < 4.78 is 47.0. The molecule has 0 radical (unpaired) electrons. The van der Waals surface area contributed by atoms with Crippen LogP contribution in [0.25, 0.3) is 0 Å². The van der Waals surface area contributed by atoms with Crippen LogP contribution in [-0.2, 0) is 19.1 Å². The van der Waals surface area contributed by atoms with Gasteiger partial charge in [-0.05, 0) is 47.2 Å². The van der Waals surface area contributed by atoms with Gasteiger partial charge in [-0.1, -0.05) is 87.0 Å². The average Bonchev–Trinajstić information content (AvgIpc) is 2.83. The molecule has 0 amide bonds. The highest BCUT2D eigenvalue weighted by Gasteiger charge is 2.35. The molecule has 1 N–H and O–H groups in total. The molecule has 3 nitrogen and oxygen atoms in total. The first-order valence-electron chi connectivity index (χ1n) is 12.1. The van der Waals surface area contributed by atoms with Gasteiger partial charge in [-0.25, -0.2) is 0 Å². The molecule has 194 valence electrons. The number of aliphatic hydroxyl groups excluding tert-OH is 1. The van der Waals surface area contributed by atoms with Crippen LogP contribution in [0.4, 0.5) is 13.2 Å². The fraction of sp³-hybridized carbons (Fsp3) is 0.379. The Bertz CT molecular complexity index is 1110. The number of nitrogens with zero attached hydrogens (tertiary/aromatic N) is 1. The van der Waals surface area contributed by atoms with Gasteiger partial charge in [0, 0.05) is 25.6 Å². The minimum atomic E-state index is -4.53. The molecule has 0 bridgehead atoms. The Morgan fingerprint density at radius 2 is 1.64 bits per heavy atom. The lowest BCUT2D eigenvalue weighted by atomic mass is 9.99. The SMILES string of the molecule is CC(C)[C@@H](Oc1cccc(CCO)c1)N(Cc1cccc(C(F)(F)F)c1Cl)C[C@H](C)c1ccccc1. The second kappa shape index (κ2) is 12.6. The van der Waals surface area contributed by atoms with Gasteiger partial charge in [-0.15, -0.1) is 0 Å². The predicted molar refractivity (Wildman–Crippen MR) is 138 cm³/mol. The molecule has 36 heavy (non-hydrogen) atoms. The summed E-state index contributed by atoms with van der Waals surface area (Å²) in [4.78, 5) is 2.06. The van der Waals surface area contributed by atoms with Gasteiger partial charge in [0.25, 0.3) is 0 Å². The predicted octanol–water partition coefficient (Wildman–Crippen LogP) is 7.56. The third kappa shape index (κ3) is 7.48. The zero-order valence-electron chi connectivity index (χ0n) is 20.8. The highest BCUT2D eigenvalue weighted by atomic mass is 35.5. The number of hydrogen-bond acceptors (Lipinski definition) is 3. The molecule has 0 fully saturated rings. The molecule has 0 aliphatic carbocycles. The first-order valence-corrected chi connectivity index (χ1v) is 12.5. The van der Waals surface area contributed by atoms with E-state index in [9.17, 15) is 18.3 Å². The molecule has 0 heterocycles. The summed E-state index contributed by atoms with van der Waals surface area (Å²) in [6.07, 6.45) is -4.44. The quantitative estimate of drug-likeness (QED) is 0.265. The minimum Gasteiger partial charge on any atom is -0.475 e. The Morgan fingerprint density at radius 1 is 0.944 bits per heavy atom. The summed E-state index contributed by atoms with van der Waals surface area (Å²) >= 11 is 6.28. The Kier molecular flexibility index (Phi) is 9.83. The maximum absolute atomic E-state index is 13.5. The Balaban J connectivity index is 1.97. The largest absolute Gasteiger partial charge is 0.475 e. The smallest absolute Gasteiger partial charge is 0.417 e. The molecule has 0 saturated carbocycles. The first-order chi connectivity index (χ1) is 17.1. The third-order valence-corrected chi connectivity index (χ3v) is 6.57. The number of rotatable bonds is 11. The number of ether oxygens (including phenoxy) is 1. The van der Waals surface area contributed by atoms with E-state index >= 15 is 0 Å². The molecule has 2 atom stereocenters. The van der Waals surface area contributed by atoms with Gasteiger partial charge in [0.1, 0.15) is 5.75 Å². The third-order valence-electron chi connectivity index (χ3n) is 6.12. The summed E-state index contributed by atoms with van der Waals surface area (Å²) in [7, 11) is 0. The lowest BCUT2D eigenvalue weighted by Gasteiger charge is -2.36. The van der Waals surface area contributed by atoms with Crippen molar-refractivity contribution in [1.82, 2.24) is 4.90 Å². The van der Waals surface area contributed by atoms with Crippen LogP contribution in [0.2, 0.25) is 5.02 Å². The molecule has 0 saturated heterocycles. The van der Waals surface area contributed by atoms with E-state index in [-0.39, 0.29) is 30.0 Å². The van der Waals surface area contributed by atoms with Crippen molar-refractivity contribution in [3.05, 3.63) is 100 Å². The van der Waals surface area contributed by atoms with Crippen molar-refractivity contribution in [2.75, 3.05) is 13.2 Å². The second-order valence-corrected chi connectivity index (χ2v) is 9.77. The summed E-state index contributed by atoms with van der Waals surface area (Å²) in [5, 5.41) is 9.02. The van der Waals surface area contributed by atoms with E-state index in [0.717, 1.165) is 17.2 Å². The summed E-state index contributed by atoms with van der Waals surface area (Å²) in [5.74, 6) is 0.771. The van der Waals surface area contributed by atoms with Crippen LogP contribution in [0.1, 0.15) is 48.9 Å². The van der Waals surface area contributed by atoms with Crippen LogP contribution < -0.4 is 4.74 Å². The Labute approximate surface area is 216 Å². The lowest BCUT2D eigenvalue weighted by Crippen LogP contribution is -2.44. The zero-order valence-corrected chi connectivity index (χ0v) is 21.6. The highest BCUT2D eigenvalue weighted by Crippen LogP contribution is 2.37. The highest BCUT2D eigenvalue weighted by molar-refractivity contribution is 6.32. The number of benzene rings is 3. The van der Waals surface area contributed by atoms with E-state index in [2.05, 4.69) is 11.8 Å². The van der Waals surface area contributed by atoms with E-state index in [0.29, 0.717) is 24.3 Å². The van der Waals surface area contributed by atoms with E-state index in [1.165, 1.54) is 6.07 Å². The molecule has 0 spiro atoms. The van der Waals surface area contributed by atoms with Gasteiger partial charge in [0.2, 0.25) is 0 Å². The van der Waals surface area contributed by atoms with Gasteiger partial charge in [0.15, 0.2) is 6.23 Å². The zero-order chi connectivity index (χ0) is 26.3. The minimum absolute atomic E-state index is 0.0269. The van der Waals surface area contributed by atoms with Crippen molar-refractivity contribution in [2.45, 2.75) is 52.1 Å². The fourth-order valence-corrected chi connectivity index (χ4v) is 4.60. The molecule has 0 aromatic heterocycles. The number of alkyl halides is 3. The van der Waals surface area contributed by atoms with Gasteiger partial charge in [-0.3, -0.25) is 4.90 Å². The molecular weight excluding hydrogens is 487 g/mol. The molecule has 0 aliphatic heterocycles. The molecule has 0 aliphatic rings. The van der Waals surface area contributed by atoms with Crippen molar-refractivity contribution < 1.29 is 23.0 Å². The topological polar surface area (TPSA) is 32.7 Å². The van der Waals surface area contributed by atoms with Crippen LogP contribution in [0.3, 0.4) is 0 Å². The van der Waals surface area contributed by atoms with E-state index in [4.69, 9.17) is 16.3 Å². The van der Waals surface area contributed by atoms with Gasteiger partial charge < -0.3 is 9.84 Å². The molecule has 0 unspecified atom stereocenters. The van der Waals surface area contributed by atoms with Gasteiger partial charge in [0.05, 0.1) is 10.6 Å². The van der Waals surface area contributed by atoms with E-state index < -0.39 is 18.0 Å². The van der Waals surface area contributed by atoms with Crippen molar-refractivity contribution in [3.8, 4) is 5.75 Å². The molecule has 3 aromatic rings. The van der Waals surface area contributed by atoms with Crippen molar-refractivity contribution >= 4 is 11.6 Å². The van der Waals surface area contributed by atoms with E-state index in [1.54, 1.807) is 6.07 Å². The maximum Gasteiger partial charge on any atom is 0.417 e. The van der Waals surface area contributed by atoms with Crippen LogP contribution in [0.15, 0.2) is 72.8 Å². The first kappa shape index (κ1) is 28.0. The number of halogens is 4. The summed E-state index contributed by atoms with van der Waals surface area (Å²) in [6.45, 7) is 6.92. The number of aliphatic hydroxyl groups is 1. The van der Waals surface area contributed by atoms with Crippen molar-refractivity contribution in [1.29, 1.82) is 0 Å².